The normalized spacial score (nSPS) is 17.0. The maximum atomic E-state index is 12.1. The Hall–Kier alpha value is -1.29. The minimum absolute atomic E-state index is 0. The lowest BCUT2D eigenvalue weighted by atomic mass is 9.87. The van der Waals surface area contributed by atoms with Crippen molar-refractivity contribution in [2.24, 2.45) is 10.9 Å². The van der Waals surface area contributed by atoms with Gasteiger partial charge in [-0.15, -0.1) is 24.0 Å². The number of furan rings is 1. The van der Waals surface area contributed by atoms with Gasteiger partial charge in [0.15, 0.2) is 5.96 Å². The molecule has 0 spiro atoms. The maximum absolute atomic E-state index is 12.1. The predicted molar refractivity (Wildman–Crippen MR) is 131 cm³/mol. The number of carbonyl (C=O) groups is 1. The molecule has 0 aromatic carbocycles. The zero-order valence-electron chi connectivity index (χ0n) is 18.8. The SMILES string of the molecule is CCNC(=NCC(C)(O)c1cc(C)oc1C)NCCNC(=O)CC1CCCCC1.I. The molecule has 1 saturated carbocycles. The average molecular weight is 534 g/mol. The van der Waals surface area contributed by atoms with Gasteiger partial charge < -0.3 is 25.5 Å². The standard InChI is InChI=1S/C22H38N4O3.HI/c1-5-23-21(26-15-22(4,28)19-13-16(2)29-17(19)3)25-12-11-24-20(27)14-18-9-7-6-8-10-18;/h13,18,28H,5-12,14-15H2,1-4H3,(H,24,27)(H2,23,25,26);1H. The second kappa shape index (κ2) is 13.2. The summed E-state index contributed by atoms with van der Waals surface area (Å²) in [5.74, 6) is 2.78. The van der Waals surface area contributed by atoms with Crippen LogP contribution in [0.1, 0.15) is 69.5 Å². The van der Waals surface area contributed by atoms with Crippen molar-refractivity contribution >= 4 is 35.8 Å². The third-order valence-electron chi connectivity index (χ3n) is 5.45. The summed E-state index contributed by atoms with van der Waals surface area (Å²) in [6.07, 6.45) is 6.81. The number of nitrogens with one attached hydrogen (secondary N) is 3. The molecule has 1 atom stereocenters. The number of halogens is 1. The van der Waals surface area contributed by atoms with Crippen LogP contribution in [0.25, 0.3) is 0 Å². The Bertz CT molecular complexity index is 682. The molecule has 2 rings (SSSR count). The number of aliphatic imine (C=N–C) groups is 1. The molecule has 172 valence electrons. The second-order valence-corrected chi connectivity index (χ2v) is 8.28. The van der Waals surface area contributed by atoms with Crippen LogP contribution in [0.2, 0.25) is 0 Å². The van der Waals surface area contributed by atoms with E-state index >= 15 is 0 Å². The van der Waals surface area contributed by atoms with E-state index in [-0.39, 0.29) is 36.4 Å². The van der Waals surface area contributed by atoms with Gasteiger partial charge in [0.2, 0.25) is 5.91 Å². The maximum Gasteiger partial charge on any atom is 0.220 e. The van der Waals surface area contributed by atoms with Crippen molar-refractivity contribution in [1.29, 1.82) is 0 Å². The van der Waals surface area contributed by atoms with Gasteiger partial charge in [0, 0.05) is 31.6 Å². The van der Waals surface area contributed by atoms with E-state index < -0.39 is 5.60 Å². The minimum Gasteiger partial charge on any atom is -0.466 e. The Morgan fingerprint density at radius 2 is 1.87 bits per heavy atom. The van der Waals surface area contributed by atoms with E-state index in [0.717, 1.165) is 11.3 Å². The quantitative estimate of drug-likeness (QED) is 0.169. The molecule has 4 N–H and O–H groups in total. The zero-order valence-corrected chi connectivity index (χ0v) is 21.2. The number of guanidine groups is 1. The molecule has 7 nitrogen and oxygen atoms in total. The highest BCUT2D eigenvalue weighted by Crippen LogP contribution is 2.27. The number of nitrogens with zero attached hydrogens (tertiary/aromatic N) is 1. The lowest BCUT2D eigenvalue weighted by molar-refractivity contribution is -0.122. The van der Waals surface area contributed by atoms with Crippen LogP contribution >= 0.6 is 24.0 Å². The monoisotopic (exact) mass is 534 g/mol. The molecule has 1 aromatic heterocycles. The number of hydrogen-bond acceptors (Lipinski definition) is 4. The highest BCUT2D eigenvalue weighted by atomic mass is 127. The number of aryl methyl sites for hydroxylation is 2. The molecule has 0 saturated heterocycles. The van der Waals surface area contributed by atoms with Crippen LogP contribution < -0.4 is 16.0 Å². The molecule has 0 aliphatic heterocycles. The molecular weight excluding hydrogens is 495 g/mol. The van der Waals surface area contributed by atoms with Gasteiger partial charge in [-0.05, 0) is 52.5 Å². The van der Waals surface area contributed by atoms with Gasteiger partial charge in [0.25, 0.3) is 0 Å². The summed E-state index contributed by atoms with van der Waals surface area (Å²) in [4.78, 5) is 16.6. The third kappa shape index (κ3) is 8.83. The van der Waals surface area contributed by atoms with Crippen molar-refractivity contribution in [1.82, 2.24) is 16.0 Å². The van der Waals surface area contributed by atoms with Gasteiger partial charge in [-0.2, -0.15) is 0 Å². The van der Waals surface area contributed by atoms with Crippen molar-refractivity contribution < 1.29 is 14.3 Å². The van der Waals surface area contributed by atoms with Gasteiger partial charge in [-0.3, -0.25) is 4.79 Å². The van der Waals surface area contributed by atoms with Crippen LogP contribution in [-0.4, -0.2) is 43.2 Å². The van der Waals surface area contributed by atoms with Crippen molar-refractivity contribution in [3.05, 3.63) is 23.2 Å². The van der Waals surface area contributed by atoms with Gasteiger partial charge in [-0.1, -0.05) is 19.3 Å². The van der Waals surface area contributed by atoms with E-state index in [9.17, 15) is 9.90 Å². The molecule has 1 heterocycles. The molecular formula is C22H39IN4O3. The largest absolute Gasteiger partial charge is 0.466 e. The number of hydrogen-bond donors (Lipinski definition) is 4. The van der Waals surface area contributed by atoms with E-state index in [2.05, 4.69) is 20.9 Å². The van der Waals surface area contributed by atoms with E-state index in [1.165, 1.54) is 32.1 Å². The number of rotatable bonds is 9. The summed E-state index contributed by atoms with van der Waals surface area (Å²) in [5.41, 5.74) is -0.358. The Morgan fingerprint density at radius 1 is 1.20 bits per heavy atom. The van der Waals surface area contributed by atoms with Crippen molar-refractivity contribution in [3.8, 4) is 0 Å². The second-order valence-electron chi connectivity index (χ2n) is 8.28. The molecule has 1 amide bonds. The lowest BCUT2D eigenvalue weighted by Crippen LogP contribution is -2.42. The first-order chi connectivity index (χ1) is 13.8. The van der Waals surface area contributed by atoms with Gasteiger partial charge in [0.05, 0.1) is 6.54 Å². The summed E-state index contributed by atoms with van der Waals surface area (Å²) >= 11 is 0. The van der Waals surface area contributed by atoms with Crippen LogP contribution in [0.3, 0.4) is 0 Å². The number of amides is 1. The van der Waals surface area contributed by atoms with Gasteiger partial charge >= 0.3 is 0 Å². The fourth-order valence-electron chi connectivity index (χ4n) is 3.93. The molecule has 0 bridgehead atoms. The zero-order chi connectivity index (χ0) is 21.3. The fourth-order valence-corrected chi connectivity index (χ4v) is 3.93. The lowest BCUT2D eigenvalue weighted by Gasteiger charge is -2.22. The van der Waals surface area contributed by atoms with Gasteiger partial charge in [-0.25, -0.2) is 4.99 Å². The summed E-state index contributed by atoms with van der Waals surface area (Å²) in [7, 11) is 0. The Kier molecular flexibility index (Phi) is 11.8. The fraction of sp³-hybridized carbons (Fsp3) is 0.727. The van der Waals surface area contributed by atoms with Crippen LogP contribution in [-0.2, 0) is 10.4 Å². The Morgan fingerprint density at radius 3 is 2.47 bits per heavy atom. The summed E-state index contributed by atoms with van der Waals surface area (Å²) in [6.45, 7) is 9.49. The Labute approximate surface area is 197 Å². The van der Waals surface area contributed by atoms with Crippen LogP contribution in [0, 0.1) is 19.8 Å². The van der Waals surface area contributed by atoms with Crippen LogP contribution in [0.5, 0.6) is 0 Å². The van der Waals surface area contributed by atoms with Crippen molar-refractivity contribution in [3.63, 3.8) is 0 Å². The van der Waals surface area contributed by atoms with E-state index in [4.69, 9.17) is 4.42 Å². The predicted octanol–water partition coefficient (Wildman–Crippen LogP) is 3.36. The highest BCUT2D eigenvalue weighted by molar-refractivity contribution is 14.0. The van der Waals surface area contributed by atoms with E-state index in [0.29, 0.717) is 43.7 Å². The van der Waals surface area contributed by atoms with Gasteiger partial charge in [0.1, 0.15) is 17.1 Å². The first-order valence-electron chi connectivity index (χ1n) is 10.9. The Balaban J connectivity index is 0.00000450. The smallest absolute Gasteiger partial charge is 0.220 e. The number of carbonyl (C=O) groups excluding carboxylic acids is 1. The number of aliphatic hydroxyl groups is 1. The van der Waals surface area contributed by atoms with E-state index in [1.54, 1.807) is 6.92 Å². The van der Waals surface area contributed by atoms with E-state index in [1.807, 2.05) is 26.8 Å². The molecule has 1 unspecified atom stereocenters. The third-order valence-corrected chi connectivity index (χ3v) is 5.45. The molecule has 1 aliphatic carbocycles. The first kappa shape index (κ1) is 26.7. The molecule has 0 radical (unpaired) electrons. The summed E-state index contributed by atoms with van der Waals surface area (Å²) in [5, 5.41) is 20.2. The van der Waals surface area contributed by atoms with Crippen LogP contribution in [0.4, 0.5) is 0 Å². The molecule has 30 heavy (non-hydrogen) atoms. The van der Waals surface area contributed by atoms with Crippen molar-refractivity contribution in [2.75, 3.05) is 26.2 Å². The highest BCUT2D eigenvalue weighted by Gasteiger charge is 2.27. The van der Waals surface area contributed by atoms with Crippen molar-refractivity contribution in [2.45, 2.75) is 71.8 Å². The average Bonchev–Trinajstić information content (AvgIpc) is 3.03. The topological polar surface area (TPSA) is 98.9 Å². The summed E-state index contributed by atoms with van der Waals surface area (Å²) in [6, 6.07) is 1.85. The first-order valence-corrected chi connectivity index (χ1v) is 10.9. The molecule has 1 aromatic rings. The summed E-state index contributed by atoms with van der Waals surface area (Å²) < 4.78 is 5.53. The minimum atomic E-state index is -1.11. The molecule has 8 heteroatoms. The van der Waals surface area contributed by atoms with Crippen LogP contribution in [0.15, 0.2) is 15.5 Å². The molecule has 1 aliphatic rings. The molecule has 1 fully saturated rings.